The van der Waals surface area contributed by atoms with Gasteiger partial charge in [-0.05, 0) is 25.1 Å². The van der Waals surface area contributed by atoms with Crippen molar-refractivity contribution in [3.8, 4) is 11.3 Å². The Bertz CT molecular complexity index is 745. The maximum Gasteiger partial charge on any atom is 0.324 e. The number of hydrogen-bond donors (Lipinski definition) is 2. The Morgan fingerprint density at radius 3 is 2.83 bits per heavy atom. The molecular formula is C16H19FN4O3. The topological polar surface area (TPSA) is 99.2 Å². The van der Waals surface area contributed by atoms with E-state index in [0.29, 0.717) is 17.8 Å². The molecule has 0 fully saturated rings. The number of ether oxygens (including phenoxy) is 1. The number of amides is 1. The molecule has 0 aliphatic heterocycles. The molecule has 0 unspecified atom stereocenters. The van der Waals surface area contributed by atoms with Gasteiger partial charge >= 0.3 is 5.97 Å². The van der Waals surface area contributed by atoms with Crippen LogP contribution in [0.1, 0.15) is 17.3 Å². The number of carbonyl (C=O) groups excluding carboxylic acids is 2. The minimum atomic E-state index is -0.978. The predicted octanol–water partition coefficient (Wildman–Crippen LogP) is 0.939. The van der Waals surface area contributed by atoms with Crippen LogP contribution in [-0.4, -0.2) is 41.1 Å². The number of aryl methyl sites for hydroxylation is 1. The number of aromatic nitrogens is 2. The van der Waals surface area contributed by atoms with Crippen LogP contribution >= 0.6 is 0 Å². The molecule has 0 saturated heterocycles. The number of esters is 1. The van der Waals surface area contributed by atoms with Crippen LogP contribution in [0.2, 0.25) is 0 Å². The van der Waals surface area contributed by atoms with Gasteiger partial charge in [0.25, 0.3) is 5.91 Å². The normalized spacial score (nSPS) is 11.8. The highest BCUT2D eigenvalue weighted by Gasteiger charge is 2.17. The Labute approximate surface area is 138 Å². The molecule has 0 radical (unpaired) electrons. The second kappa shape index (κ2) is 7.69. The van der Waals surface area contributed by atoms with Gasteiger partial charge in [0.1, 0.15) is 11.9 Å². The van der Waals surface area contributed by atoms with Crippen LogP contribution in [0.25, 0.3) is 11.3 Å². The minimum Gasteiger partial charge on any atom is -0.468 e. The molecule has 0 spiro atoms. The zero-order valence-electron chi connectivity index (χ0n) is 13.5. The van der Waals surface area contributed by atoms with E-state index in [4.69, 9.17) is 5.73 Å². The zero-order chi connectivity index (χ0) is 17.7. The number of benzene rings is 1. The molecule has 24 heavy (non-hydrogen) atoms. The summed E-state index contributed by atoms with van der Waals surface area (Å²) in [7, 11) is 1.21. The fourth-order valence-corrected chi connectivity index (χ4v) is 2.22. The first-order valence-electron chi connectivity index (χ1n) is 7.39. The molecule has 7 nitrogen and oxygen atoms in total. The number of hydrogen-bond acceptors (Lipinski definition) is 5. The molecule has 8 heteroatoms. The number of methoxy groups -OCH3 is 1. The summed E-state index contributed by atoms with van der Waals surface area (Å²) in [6, 6.07) is 3.04. The van der Waals surface area contributed by atoms with Crippen molar-refractivity contribution in [2.75, 3.05) is 13.7 Å². The summed E-state index contributed by atoms with van der Waals surface area (Å²) in [4.78, 5) is 27.4. The first-order valence-corrected chi connectivity index (χ1v) is 7.39. The van der Waals surface area contributed by atoms with Crippen molar-refractivity contribution in [3.05, 3.63) is 42.1 Å². The molecule has 3 N–H and O–H groups in total. The summed E-state index contributed by atoms with van der Waals surface area (Å²) in [5, 5.41) is 2.49. The van der Waals surface area contributed by atoms with Crippen LogP contribution in [-0.2, 0) is 16.1 Å². The van der Waals surface area contributed by atoms with Gasteiger partial charge in [-0.3, -0.25) is 9.59 Å². The Morgan fingerprint density at radius 2 is 2.17 bits per heavy atom. The third-order valence-electron chi connectivity index (χ3n) is 3.50. The average molecular weight is 334 g/mol. The highest BCUT2D eigenvalue weighted by Crippen LogP contribution is 2.22. The molecule has 1 aromatic heterocycles. The highest BCUT2D eigenvalue weighted by molar-refractivity contribution is 5.95. The summed E-state index contributed by atoms with van der Waals surface area (Å²) in [6.07, 6.45) is 3.24. The third kappa shape index (κ3) is 3.96. The van der Waals surface area contributed by atoms with Crippen molar-refractivity contribution in [2.24, 2.45) is 5.73 Å². The van der Waals surface area contributed by atoms with Crippen molar-refractivity contribution in [2.45, 2.75) is 19.5 Å². The lowest BCUT2D eigenvalue weighted by Gasteiger charge is -2.12. The highest BCUT2D eigenvalue weighted by atomic mass is 19.1. The van der Waals surface area contributed by atoms with Crippen molar-refractivity contribution in [3.63, 3.8) is 0 Å². The van der Waals surface area contributed by atoms with Gasteiger partial charge in [0.15, 0.2) is 0 Å². The summed E-state index contributed by atoms with van der Waals surface area (Å²) < 4.78 is 20.2. The number of rotatable bonds is 6. The first kappa shape index (κ1) is 17.6. The molecule has 0 aliphatic carbocycles. The summed E-state index contributed by atoms with van der Waals surface area (Å²) >= 11 is 0. The van der Waals surface area contributed by atoms with E-state index in [-0.39, 0.29) is 12.1 Å². The van der Waals surface area contributed by atoms with Crippen LogP contribution in [0, 0.1) is 5.82 Å². The molecular weight excluding hydrogens is 315 g/mol. The standard InChI is InChI=1S/C16H19FN4O3/c1-3-21-9-19-8-14(21)10-4-11(6-12(17)5-10)15(22)20-7-13(18)16(23)24-2/h4-6,8-9,13H,3,7,18H2,1-2H3,(H,20,22)/t13-/m1/s1. The largest absolute Gasteiger partial charge is 0.468 e. The number of imidazole rings is 1. The summed E-state index contributed by atoms with van der Waals surface area (Å²) in [5.74, 6) is -1.71. The molecule has 0 saturated carbocycles. The molecule has 1 amide bonds. The number of nitrogens with two attached hydrogens (primary N) is 1. The van der Waals surface area contributed by atoms with Crippen LogP contribution < -0.4 is 11.1 Å². The number of nitrogens with one attached hydrogen (secondary N) is 1. The van der Waals surface area contributed by atoms with Crippen LogP contribution in [0.15, 0.2) is 30.7 Å². The van der Waals surface area contributed by atoms with Crippen LogP contribution in [0.3, 0.4) is 0 Å². The van der Waals surface area contributed by atoms with Crippen molar-refractivity contribution in [1.82, 2.24) is 14.9 Å². The quantitative estimate of drug-likeness (QED) is 0.766. The molecule has 1 aromatic carbocycles. The van der Waals surface area contributed by atoms with Gasteiger partial charge in [-0.15, -0.1) is 0 Å². The van der Waals surface area contributed by atoms with E-state index in [0.717, 1.165) is 6.07 Å². The SMILES string of the molecule is CCn1cncc1-c1cc(F)cc(C(=O)NC[C@@H](N)C(=O)OC)c1. The molecule has 2 rings (SSSR count). The van der Waals surface area contributed by atoms with Gasteiger partial charge in [-0.25, -0.2) is 9.37 Å². The van der Waals surface area contributed by atoms with Crippen molar-refractivity contribution < 1.29 is 18.7 Å². The van der Waals surface area contributed by atoms with E-state index in [9.17, 15) is 14.0 Å². The maximum atomic E-state index is 13.9. The number of nitrogens with zero attached hydrogens (tertiary/aromatic N) is 2. The Balaban J connectivity index is 2.19. The van der Waals surface area contributed by atoms with E-state index in [1.165, 1.54) is 13.2 Å². The first-order chi connectivity index (χ1) is 11.5. The third-order valence-corrected chi connectivity index (χ3v) is 3.50. The molecule has 0 aliphatic rings. The van der Waals surface area contributed by atoms with E-state index in [1.807, 2.05) is 11.5 Å². The fraction of sp³-hybridized carbons (Fsp3) is 0.312. The molecule has 1 atom stereocenters. The monoisotopic (exact) mass is 334 g/mol. The molecule has 2 aromatic rings. The fourth-order valence-electron chi connectivity index (χ4n) is 2.22. The maximum absolute atomic E-state index is 13.9. The lowest BCUT2D eigenvalue weighted by Crippen LogP contribution is -2.43. The second-order valence-corrected chi connectivity index (χ2v) is 5.13. The summed E-state index contributed by atoms with van der Waals surface area (Å²) in [5.41, 5.74) is 6.93. The van der Waals surface area contributed by atoms with Crippen LogP contribution in [0.4, 0.5) is 4.39 Å². The molecule has 1 heterocycles. The van der Waals surface area contributed by atoms with E-state index in [1.54, 1.807) is 18.6 Å². The Kier molecular flexibility index (Phi) is 5.64. The predicted molar refractivity (Wildman–Crippen MR) is 85.6 cm³/mol. The van der Waals surface area contributed by atoms with Crippen molar-refractivity contribution in [1.29, 1.82) is 0 Å². The molecule has 0 bridgehead atoms. The van der Waals surface area contributed by atoms with E-state index in [2.05, 4.69) is 15.0 Å². The van der Waals surface area contributed by atoms with Gasteiger partial charge in [-0.1, -0.05) is 0 Å². The summed E-state index contributed by atoms with van der Waals surface area (Å²) in [6.45, 7) is 2.50. The van der Waals surface area contributed by atoms with Gasteiger partial charge in [0.05, 0.1) is 25.3 Å². The van der Waals surface area contributed by atoms with Gasteiger partial charge in [-0.2, -0.15) is 0 Å². The van der Waals surface area contributed by atoms with E-state index < -0.39 is 23.7 Å². The van der Waals surface area contributed by atoms with Crippen LogP contribution in [0.5, 0.6) is 0 Å². The number of halogens is 1. The van der Waals surface area contributed by atoms with Gasteiger partial charge in [0, 0.05) is 24.2 Å². The Morgan fingerprint density at radius 1 is 1.42 bits per heavy atom. The zero-order valence-corrected chi connectivity index (χ0v) is 13.5. The minimum absolute atomic E-state index is 0.107. The number of carbonyl (C=O) groups is 2. The van der Waals surface area contributed by atoms with Gasteiger partial charge < -0.3 is 20.4 Å². The average Bonchev–Trinajstić information content (AvgIpc) is 3.06. The second-order valence-electron chi connectivity index (χ2n) is 5.13. The smallest absolute Gasteiger partial charge is 0.324 e. The van der Waals surface area contributed by atoms with Gasteiger partial charge in [0.2, 0.25) is 0 Å². The van der Waals surface area contributed by atoms with Crippen molar-refractivity contribution >= 4 is 11.9 Å². The lowest BCUT2D eigenvalue weighted by molar-refractivity contribution is -0.141. The molecule has 128 valence electrons. The Hall–Kier alpha value is -2.74. The van der Waals surface area contributed by atoms with E-state index >= 15 is 0 Å². The lowest BCUT2D eigenvalue weighted by atomic mass is 10.1.